The summed E-state index contributed by atoms with van der Waals surface area (Å²) in [4.78, 5) is 30.0. The van der Waals surface area contributed by atoms with Crippen LogP contribution < -0.4 is 11.2 Å². The van der Waals surface area contributed by atoms with E-state index in [9.17, 15) is 9.59 Å². The van der Waals surface area contributed by atoms with Crippen LogP contribution in [0.4, 0.5) is 0 Å². The van der Waals surface area contributed by atoms with Gasteiger partial charge >= 0.3 is 5.69 Å². The highest BCUT2D eigenvalue weighted by molar-refractivity contribution is 6.29. The van der Waals surface area contributed by atoms with E-state index in [-0.39, 0.29) is 16.5 Å². The van der Waals surface area contributed by atoms with E-state index >= 15 is 0 Å². The van der Waals surface area contributed by atoms with Gasteiger partial charge in [-0.15, -0.1) is 0 Å². The largest absolute Gasteiger partial charge is 0.332 e. The number of halogens is 1. The molecule has 0 bridgehead atoms. The van der Waals surface area contributed by atoms with Crippen LogP contribution in [0.2, 0.25) is 5.28 Å². The van der Waals surface area contributed by atoms with Crippen molar-refractivity contribution < 1.29 is 0 Å². The Kier molecular flexibility index (Phi) is 6.19. The molecule has 0 aliphatic heterocycles. The molecule has 2 heterocycles. The molecule has 0 spiro atoms. The number of allylic oxidation sites excluding steroid dienone is 2. The Morgan fingerprint density at radius 3 is 2.50 bits per heavy atom. The van der Waals surface area contributed by atoms with Crippen molar-refractivity contribution in [1.82, 2.24) is 18.7 Å². The van der Waals surface area contributed by atoms with Crippen molar-refractivity contribution in [3.63, 3.8) is 0 Å². The van der Waals surface area contributed by atoms with E-state index in [1.54, 1.807) is 11.6 Å². The molecule has 3 aromatic rings. The van der Waals surface area contributed by atoms with Crippen molar-refractivity contribution in [1.29, 1.82) is 0 Å². The summed E-state index contributed by atoms with van der Waals surface area (Å²) in [5.74, 6) is 0. The lowest BCUT2D eigenvalue weighted by molar-refractivity contribution is 0.553. The number of benzene rings is 1. The molecule has 3 rings (SSSR count). The van der Waals surface area contributed by atoms with Gasteiger partial charge in [0.2, 0.25) is 5.28 Å². The first-order valence-corrected chi connectivity index (χ1v) is 9.80. The zero-order chi connectivity index (χ0) is 20.3. The first-order valence-electron chi connectivity index (χ1n) is 9.43. The second-order valence-electron chi connectivity index (χ2n) is 7.19. The SMILES string of the molecule is CC(C)=CCn1c(Cl)nc2c1c(=O)n(CCCCc1ccccc1)c(=O)n2C. The number of aryl methyl sites for hydroxylation is 2. The first-order chi connectivity index (χ1) is 13.4. The number of imidazole rings is 1. The molecule has 0 aliphatic carbocycles. The molecule has 0 aliphatic rings. The fraction of sp³-hybridized carbons (Fsp3) is 0.381. The van der Waals surface area contributed by atoms with E-state index in [0.717, 1.165) is 24.8 Å². The van der Waals surface area contributed by atoms with Crippen LogP contribution in [-0.4, -0.2) is 18.7 Å². The summed E-state index contributed by atoms with van der Waals surface area (Å²) in [6.45, 7) is 4.78. The van der Waals surface area contributed by atoms with Gasteiger partial charge in [0.15, 0.2) is 11.2 Å². The van der Waals surface area contributed by atoms with E-state index in [1.165, 1.54) is 14.7 Å². The Labute approximate surface area is 168 Å². The number of hydrogen-bond donors (Lipinski definition) is 0. The molecule has 0 amide bonds. The number of rotatable bonds is 7. The number of hydrogen-bond acceptors (Lipinski definition) is 3. The van der Waals surface area contributed by atoms with E-state index in [4.69, 9.17) is 11.6 Å². The third kappa shape index (κ3) is 4.12. The maximum Gasteiger partial charge on any atom is 0.332 e. The van der Waals surface area contributed by atoms with Crippen LogP contribution in [0.25, 0.3) is 11.2 Å². The predicted octanol–water partition coefficient (Wildman–Crippen LogP) is 3.54. The highest BCUT2D eigenvalue weighted by atomic mass is 35.5. The Morgan fingerprint density at radius 2 is 1.82 bits per heavy atom. The van der Waals surface area contributed by atoms with E-state index in [2.05, 4.69) is 17.1 Å². The van der Waals surface area contributed by atoms with E-state index in [1.807, 2.05) is 38.1 Å². The predicted molar refractivity (Wildman–Crippen MR) is 113 cm³/mol. The van der Waals surface area contributed by atoms with Crippen LogP contribution in [0.3, 0.4) is 0 Å². The van der Waals surface area contributed by atoms with Gasteiger partial charge in [-0.3, -0.25) is 13.9 Å². The second-order valence-corrected chi connectivity index (χ2v) is 7.52. The van der Waals surface area contributed by atoms with Gasteiger partial charge in [-0.25, -0.2) is 4.79 Å². The highest BCUT2D eigenvalue weighted by Crippen LogP contribution is 2.16. The minimum atomic E-state index is -0.360. The van der Waals surface area contributed by atoms with Gasteiger partial charge in [-0.2, -0.15) is 4.98 Å². The van der Waals surface area contributed by atoms with Crippen LogP contribution in [0.1, 0.15) is 32.3 Å². The van der Waals surface area contributed by atoms with Gasteiger partial charge in [-0.05, 0) is 50.3 Å². The maximum atomic E-state index is 13.1. The molecule has 7 heteroatoms. The van der Waals surface area contributed by atoms with Crippen LogP contribution in [0, 0.1) is 0 Å². The number of unbranched alkanes of at least 4 members (excludes halogenated alkanes) is 1. The van der Waals surface area contributed by atoms with Gasteiger partial charge < -0.3 is 4.57 Å². The fourth-order valence-electron chi connectivity index (χ4n) is 3.23. The highest BCUT2D eigenvalue weighted by Gasteiger charge is 2.18. The average Bonchev–Trinajstić information content (AvgIpc) is 3.01. The minimum absolute atomic E-state index is 0.210. The minimum Gasteiger partial charge on any atom is -0.305 e. The average molecular weight is 401 g/mol. The lowest BCUT2D eigenvalue weighted by Crippen LogP contribution is -2.39. The summed E-state index contributed by atoms with van der Waals surface area (Å²) in [5, 5.41) is 0.210. The summed E-state index contributed by atoms with van der Waals surface area (Å²) < 4.78 is 4.36. The second kappa shape index (κ2) is 8.61. The standard InChI is InChI=1S/C21H25ClN4O2/c1-15(2)12-14-25-17-18(23-20(25)22)24(3)21(28)26(19(17)27)13-8-7-11-16-9-5-4-6-10-16/h4-6,9-10,12H,7-8,11,13-14H2,1-3H3. The molecule has 2 aromatic heterocycles. The Hall–Kier alpha value is -2.60. The quantitative estimate of drug-likeness (QED) is 0.346. The van der Waals surface area contributed by atoms with Crippen molar-refractivity contribution in [2.45, 2.75) is 46.2 Å². The smallest absolute Gasteiger partial charge is 0.305 e. The van der Waals surface area contributed by atoms with Gasteiger partial charge in [0.1, 0.15) is 0 Å². The van der Waals surface area contributed by atoms with Crippen molar-refractivity contribution in [3.8, 4) is 0 Å². The van der Waals surface area contributed by atoms with E-state index < -0.39 is 0 Å². The van der Waals surface area contributed by atoms with Crippen LogP contribution in [0.5, 0.6) is 0 Å². The summed E-state index contributed by atoms with van der Waals surface area (Å²) in [7, 11) is 1.62. The summed E-state index contributed by atoms with van der Waals surface area (Å²) >= 11 is 6.25. The summed E-state index contributed by atoms with van der Waals surface area (Å²) in [5.41, 5.74) is 2.37. The molecule has 0 fully saturated rings. The Morgan fingerprint density at radius 1 is 1.11 bits per heavy atom. The van der Waals surface area contributed by atoms with Gasteiger partial charge in [0.05, 0.1) is 0 Å². The van der Waals surface area contributed by atoms with Crippen molar-refractivity contribution in [2.24, 2.45) is 7.05 Å². The maximum absolute atomic E-state index is 13.1. The molecule has 28 heavy (non-hydrogen) atoms. The van der Waals surface area contributed by atoms with Crippen LogP contribution in [-0.2, 0) is 26.6 Å². The zero-order valence-electron chi connectivity index (χ0n) is 16.5. The third-order valence-electron chi connectivity index (χ3n) is 4.81. The molecule has 0 N–H and O–H groups in total. The lowest BCUT2D eigenvalue weighted by atomic mass is 10.1. The summed E-state index contributed by atoms with van der Waals surface area (Å²) in [6.07, 6.45) is 4.53. The molecule has 0 saturated carbocycles. The van der Waals surface area contributed by atoms with Gasteiger partial charge in [-0.1, -0.05) is 42.0 Å². The summed E-state index contributed by atoms with van der Waals surface area (Å²) in [6, 6.07) is 10.2. The molecule has 0 atom stereocenters. The van der Waals surface area contributed by atoms with Crippen LogP contribution >= 0.6 is 11.6 Å². The lowest BCUT2D eigenvalue weighted by Gasteiger charge is -2.09. The molecular formula is C21H25ClN4O2. The molecule has 1 aromatic carbocycles. The van der Waals surface area contributed by atoms with Gasteiger partial charge in [0, 0.05) is 20.1 Å². The topological polar surface area (TPSA) is 61.8 Å². The van der Waals surface area contributed by atoms with Crippen molar-refractivity contribution in [3.05, 3.63) is 73.7 Å². The molecule has 0 saturated heterocycles. The molecular weight excluding hydrogens is 376 g/mol. The normalized spacial score (nSPS) is 11.1. The molecule has 148 valence electrons. The van der Waals surface area contributed by atoms with E-state index in [0.29, 0.717) is 24.3 Å². The van der Waals surface area contributed by atoms with Gasteiger partial charge in [0.25, 0.3) is 5.56 Å². The zero-order valence-corrected chi connectivity index (χ0v) is 17.2. The monoisotopic (exact) mass is 400 g/mol. The molecule has 6 nitrogen and oxygen atoms in total. The number of fused-ring (bicyclic) bond motifs is 1. The third-order valence-corrected chi connectivity index (χ3v) is 5.10. The fourth-order valence-corrected chi connectivity index (χ4v) is 3.46. The number of aromatic nitrogens is 4. The van der Waals surface area contributed by atoms with Crippen molar-refractivity contribution >= 4 is 22.8 Å². The Bertz CT molecular complexity index is 1120. The molecule has 0 radical (unpaired) electrons. The Balaban J connectivity index is 1.89. The van der Waals surface area contributed by atoms with Crippen LogP contribution in [0.15, 0.2) is 51.6 Å². The first kappa shape index (κ1) is 20.1. The number of nitrogens with zero attached hydrogens (tertiary/aromatic N) is 4. The molecule has 0 unspecified atom stereocenters. The van der Waals surface area contributed by atoms with Crippen molar-refractivity contribution in [2.75, 3.05) is 0 Å².